The van der Waals surface area contributed by atoms with E-state index in [1.807, 2.05) is 37.3 Å². The Morgan fingerprint density at radius 2 is 1.47 bits per heavy atom. The number of H-pyrrole nitrogens is 1. The van der Waals surface area contributed by atoms with Crippen molar-refractivity contribution in [3.63, 3.8) is 0 Å². The lowest BCUT2D eigenvalue weighted by atomic mass is 10.3. The molecule has 11 heteroatoms. The summed E-state index contributed by atoms with van der Waals surface area (Å²) >= 11 is 0. The van der Waals surface area contributed by atoms with Crippen LogP contribution >= 0.6 is 0 Å². The molecule has 0 saturated heterocycles. The highest BCUT2D eigenvalue weighted by atomic mass is 32.2. The van der Waals surface area contributed by atoms with Crippen LogP contribution in [0.2, 0.25) is 0 Å². The van der Waals surface area contributed by atoms with Crippen molar-refractivity contribution in [2.24, 2.45) is 0 Å². The number of anilines is 5. The Balaban J connectivity index is 1.47. The van der Waals surface area contributed by atoms with Gasteiger partial charge in [0.1, 0.15) is 16.5 Å². The molecule has 0 spiro atoms. The fourth-order valence-electron chi connectivity index (χ4n) is 3.40. The van der Waals surface area contributed by atoms with E-state index < -0.39 is 10.0 Å². The van der Waals surface area contributed by atoms with Crippen molar-refractivity contribution in [3.05, 3.63) is 71.7 Å². The Kier molecular flexibility index (Phi) is 6.37. The van der Waals surface area contributed by atoms with Gasteiger partial charge in [-0.2, -0.15) is 10.1 Å². The average Bonchev–Trinajstić information content (AvgIpc) is 3.14. The monoisotopic (exact) mass is 479 g/mol. The minimum atomic E-state index is -3.75. The molecule has 0 aliphatic heterocycles. The van der Waals surface area contributed by atoms with Crippen LogP contribution < -0.4 is 20.1 Å². The van der Waals surface area contributed by atoms with Crippen LogP contribution in [0.4, 0.5) is 28.8 Å². The summed E-state index contributed by atoms with van der Waals surface area (Å²) in [5, 5.41) is 13.0. The fourth-order valence-corrected chi connectivity index (χ4v) is 4.84. The zero-order valence-electron chi connectivity index (χ0n) is 19.2. The first-order valence-corrected chi connectivity index (χ1v) is 11.9. The Hall–Kier alpha value is -4.12. The maximum absolute atomic E-state index is 12.7. The molecule has 0 aliphatic carbocycles. The number of aromatic nitrogens is 4. The number of hydrogen-bond acceptors (Lipinski definition) is 8. The van der Waals surface area contributed by atoms with Gasteiger partial charge in [0.05, 0.1) is 18.5 Å². The quantitative estimate of drug-likeness (QED) is 0.292. The lowest BCUT2D eigenvalue weighted by Crippen LogP contribution is -2.14. The average molecular weight is 480 g/mol. The molecular weight excluding hydrogens is 454 g/mol. The number of nitrogens with zero attached hydrogens (tertiary/aromatic N) is 3. The molecule has 176 valence electrons. The number of methoxy groups -OCH3 is 1. The summed E-state index contributed by atoms with van der Waals surface area (Å²) in [6, 6.07) is 16.2. The van der Waals surface area contributed by atoms with E-state index in [0.717, 1.165) is 17.1 Å². The van der Waals surface area contributed by atoms with E-state index in [-0.39, 0.29) is 4.90 Å². The van der Waals surface area contributed by atoms with Crippen molar-refractivity contribution >= 4 is 38.9 Å². The molecule has 0 fully saturated rings. The van der Waals surface area contributed by atoms with Crippen LogP contribution in [-0.4, -0.2) is 35.7 Å². The molecule has 34 heavy (non-hydrogen) atoms. The van der Waals surface area contributed by atoms with Crippen LogP contribution in [0.3, 0.4) is 0 Å². The predicted molar refractivity (Wildman–Crippen MR) is 132 cm³/mol. The van der Waals surface area contributed by atoms with Gasteiger partial charge < -0.3 is 15.4 Å². The molecule has 0 aliphatic rings. The SMILES string of the molecule is COc1ccc(Nc2cc(C)nc(Nc3ccc(NS(=O)(=O)c4c(C)n[nH]c4C)cc3)n2)cc1. The highest BCUT2D eigenvalue weighted by Crippen LogP contribution is 2.24. The molecule has 0 bridgehead atoms. The van der Waals surface area contributed by atoms with Crippen LogP contribution in [0.5, 0.6) is 5.75 Å². The van der Waals surface area contributed by atoms with Crippen LogP contribution in [0.25, 0.3) is 0 Å². The first-order chi connectivity index (χ1) is 16.2. The molecule has 0 amide bonds. The van der Waals surface area contributed by atoms with Gasteiger partial charge in [-0.25, -0.2) is 13.4 Å². The number of ether oxygens (including phenoxy) is 1. The Morgan fingerprint density at radius 3 is 2.09 bits per heavy atom. The summed E-state index contributed by atoms with van der Waals surface area (Å²) in [6.45, 7) is 5.19. The predicted octanol–water partition coefficient (Wildman–Crippen LogP) is 4.42. The molecule has 4 aromatic rings. The number of aromatic amines is 1. The second-order valence-electron chi connectivity index (χ2n) is 7.64. The molecule has 10 nitrogen and oxygen atoms in total. The highest BCUT2D eigenvalue weighted by Gasteiger charge is 2.22. The zero-order chi connectivity index (χ0) is 24.3. The lowest BCUT2D eigenvalue weighted by Gasteiger charge is -2.12. The topological polar surface area (TPSA) is 134 Å². The van der Waals surface area contributed by atoms with Gasteiger partial charge in [-0.1, -0.05) is 0 Å². The van der Waals surface area contributed by atoms with Gasteiger partial charge in [-0.3, -0.25) is 9.82 Å². The van der Waals surface area contributed by atoms with Crippen LogP contribution in [0, 0.1) is 20.8 Å². The van der Waals surface area contributed by atoms with Crippen molar-refractivity contribution < 1.29 is 13.2 Å². The van der Waals surface area contributed by atoms with Gasteiger partial charge in [-0.05, 0) is 69.3 Å². The molecule has 2 aromatic heterocycles. The van der Waals surface area contributed by atoms with E-state index in [1.54, 1.807) is 45.2 Å². The molecule has 0 unspecified atom stereocenters. The van der Waals surface area contributed by atoms with Gasteiger partial charge in [0.15, 0.2) is 0 Å². The first kappa shape index (κ1) is 23.1. The number of rotatable bonds is 8. The molecular formula is C23H25N7O3S. The highest BCUT2D eigenvalue weighted by molar-refractivity contribution is 7.92. The maximum atomic E-state index is 12.7. The number of sulfonamides is 1. The smallest absolute Gasteiger partial charge is 0.265 e. The van der Waals surface area contributed by atoms with Crippen molar-refractivity contribution in [2.75, 3.05) is 22.5 Å². The number of aryl methyl sites for hydroxylation is 3. The van der Waals surface area contributed by atoms with Gasteiger partial charge in [0.25, 0.3) is 10.0 Å². The number of benzene rings is 2. The fraction of sp³-hybridized carbons (Fsp3) is 0.174. The van der Waals surface area contributed by atoms with Gasteiger partial charge >= 0.3 is 0 Å². The number of hydrogen-bond donors (Lipinski definition) is 4. The van der Waals surface area contributed by atoms with E-state index in [2.05, 4.69) is 35.5 Å². The largest absolute Gasteiger partial charge is 0.497 e. The maximum Gasteiger partial charge on any atom is 0.265 e. The lowest BCUT2D eigenvalue weighted by molar-refractivity contribution is 0.415. The van der Waals surface area contributed by atoms with Crippen molar-refractivity contribution in [2.45, 2.75) is 25.7 Å². The van der Waals surface area contributed by atoms with E-state index in [1.165, 1.54) is 0 Å². The Morgan fingerprint density at radius 1 is 0.853 bits per heavy atom. The third kappa shape index (κ3) is 5.26. The molecule has 0 atom stereocenters. The minimum Gasteiger partial charge on any atom is -0.497 e. The minimum absolute atomic E-state index is 0.153. The standard InChI is InChI=1S/C23H25N7O3S/c1-14-13-21(25-17-9-11-20(33-4)12-10-17)27-23(24-14)26-18-5-7-19(8-6-18)30-34(31,32)22-15(2)28-29-16(22)3/h5-13,30H,1-4H3,(H,28,29)(H2,24,25,26,27). The normalized spacial score (nSPS) is 11.2. The van der Waals surface area contributed by atoms with E-state index in [9.17, 15) is 8.42 Å². The van der Waals surface area contributed by atoms with Crippen LogP contribution in [0.15, 0.2) is 59.5 Å². The van der Waals surface area contributed by atoms with Gasteiger partial charge in [0.2, 0.25) is 5.95 Å². The summed E-state index contributed by atoms with van der Waals surface area (Å²) in [5.41, 5.74) is 3.68. The molecule has 4 N–H and O–H groups in total. The molecule has 4 rings (SSSR count). The zero-order valence-corrected chi connectivity index (χ0v) is 20.0. The van der Waals surface area contributed by atoms with E-state index in [4.69, 9.17) is 4.74 Å². The molecule has 2 heterocycles. The van der Waals surface area contributed by atoms with Crippen LogP contribution in [0.1, 0.15) is 17.1 Å². The summed E-state index contributed by atoms with van der Waals surface area (Å²) in [6.07, 6.45) is 0. The van der Waals surface area contributed by atoms with E-state index in [0.29, 0.717) is 34.5 Å². The summed E-state index contributed by atoms with van der Waals surface area (Å²) < 4.78 is 33.2. The molecule has 2 aromatic carbocycles. The Bertz CT molecular complexity index is 1380. The summed E-state index contributed by atoms with van der Waals surface area (Å²) in [4.78, 5) is 9.10. The second-order valence-corrected chi connectivity index (χ2v) is 9.26. The molecule has 0 saturated carbocycles. The summed E-state index contributed by atoms with van der Waals surface area (Å²) in [7, 11) is -2.13. The second kappa shape index (κ2) is 9.40. The van der Waals surface area contributed by atoms with Crippen LogP contribution in [-0.2, 0) is 10.0 Å². The first-order valence-electron chi connectivity index (χ1n) is 10.4. The van der Waals surface area contributed by atoms with Gasteiger partial charge in [-0.15, -0.1) is 0 Å². The number of nitrogens with one attached hydrogen (secondary N) is 4. The van der Waals surface area contributed by atoms with E-state index >= 15 is 0 Å². The third-order valence-electron chi connectivity index (χ3n) is 4.94. The third-order valence-corrected chi connectivity index (χ3v) is 6.58. The Labute approximate surface area is 197 Å². The summed E-state index contributed by atoms with van der Waals surface area (Å²) in [5.74, 6) is 1.82. The molecule has 0 radical (unpaired) electrons. The van der Waals surface area contributed by atoms with Crippen molar-refractivity contribution in [1.82, 2.24) is 20.2 Å². The van der Waals surface area contributed by atoms with Crippen molar-refractivity contribution in [3.8, 4) is 5.75 Å². The van der Waals surface area contributed by atoms with Gasteiger partial charge in [0, 0.05) is 28.8 Å². The van der Waals surface area contributed by atoms with Crippen molar-refractivity contribution in [1.29, 1.82) is 0 Å².